The van der Waals surface area contributed by atoms with E-state index in [1.807, 2.05) is 0 Å². The maximum atomic E-state index is 5.82. The van der Waals surface area contributed by atoms with E-state index in [-0.39, 0.29) is 0 Å². The average Bonchev–Trinajstić information content (AvgIpc) is 2.41. The van der Waals surface area contributed by atoms with E-state index < -0.39 is 8.80 Å². The van der Waals surface area contributed by atoms with Gasteiger partial charge in [0.1, 0.15) is 0 Å². The van der Waals surface area contributed by atoms with Crippen LogP contribution in [-0.2, 0) is 13.3 Å². The summed E-state index contributed by atoms with van der Waals surface area (Å²) in [4.78, 5) is 0. The Labute approximate surface area is 112 Å². The lowest BCUT2D eigenvalue weighted by atomic mass is 10.3. The molecule has 0 unspecified atom stereocenters. The van der Waals surface area contributed by atoms with Crippen LogP contribution in [0.4, 0.5) is 0 Å². The van der Waals surface area contributed by atoms with Crippen molar-refractivity contribution in [1.29, 1.82) is 0 Å². The minimum Gasteiger partial charge on any atom is -0.377 e. The molecule has 0 saturated carbocycles. The summed E-state index contributed by atoms with van der Waals surface area (Å²) in [5.41, 5.74) is 10.8. The van der Waals surface area contributed by atoms with Crippen LogP contribution in [0.25, 0.3) is 0 Å². The number of nitrogens with two attached hydrogens (primary N) is 2. The second-order valence-corrected chi connectivity index (χ2v) is 7.05. The second kappa shape index (κ2) is 12.0. The molecule has 18 heavy (non-hydrogen) atoms. The van der Waals surface area contributed by atoms with Gasteiger partial charge in [-0.15, -0.1) is 0 Å². The molecule has 5 N–H and O–H groups in total. The number of hydrogen-bond acceptors (Lipinski definition) is 6. The molecule has 0 aromatic heterocycles. The minimum atomic E-state index is -2.47. The van der Waals surface area contributed by atoms with Gasteiger partial charge in [-0.3, -0.25) is 0 Å². The van der Waals surface area contributed by atoms with E-state index in [0.717, 1.165) is 38.4 Å². The Morgan fingerprint density at radius 3 is 2.22 bits per heavy atom. The zero-order valence-electron chi connectivity index (χ0n) is 11.7. The predicted molar refractivity (Wildman–Crippen MR) is 75.4 cm³/mol. The minimum absolute atomic E-state index is 0.654. The van der Waals surface area contributed by atoms with Gasteiger partial charge in [-0.25, -0.2) is 0 Å². The van der Waals surface area contributed by atoms with Crippen LogP contribution in [-0.4, -0.2) is 55.8 Å². The van der Waals surface area contributed by atoms with Gasteiger partial charge >= 0.3 is 8.80 Å². The molecule has 0 bridgehead atoms. The summed E-state index contributed by atoms with van der Waals surface area (Å²) in [7, 11) is 0.852. The van der Waals surface area contributed by atoms with E-state index in [9.17, 15) is 0 Å². The van der Waals surface area contributed by atoms with Crippen LogP contribution in [0.5, 0.6) is 0 Å². The van der Waals surface area contributed by atoms with Gasteiger partial charge in [-0.1, -0.05) is 0 Å². The third-order valence-corrected chi connectivity index (χ3v) is 5.55. The largest absolute Gasteiger partial charge is 0.500 e. The highest BCUT2D eigenvalue weighted by atomic mass is 28.4. The molecular formula is C11H29N3O3Si. The molecule has 6 nitrogen and oxygen atoms in total. The molecule has 0 heterocycles. The average molecular weight is 279 g/mol. The topological polar surface area (TPSA) is 91.8 Å². The highest BCUT2D eigenvalue weighted by Gasteiger charge is 2.37. The van der Waals surface area contributed by atoms with Crippen molar-refractivity contribution >= 4 is 8.80 Å². The third-order valence-electron chi connectivity index (χ3n) is 2.70. The van der Waals surface area contributed by atoms with E-state index in [1.54, 1.807) is 14.2 Å². The molecule has 0 aliphatic heterocycles. The molecule has 0 spiro atoms. The quantitative estimate of drug-likeness (QED) is 0.322. The molecule has 0 aromatic carbocycles. The lowest BCUT2D eigenvalue weighted by Crippen LogP contribution is -2.44. The number of unbranched alkanes of at least 4 members (excludes halogenated alkanes) is 1. The molecule has 0 amide bonds. The van der Waals surface area contributed by atoms with Gasteiger partial charge in [0, 0.05) is 40.0 Å². The van der Waals surface area contributed by atoms with Crippen LogP contribution >= 0.6 is 0 Å². The summed E-state index contributed by atoms with van der Waals surface area (Å²) in [6.07, 6.45) is 2.88. The van der Waals surface area contributed by atoms with Gasteiger partial charge in [0.05, 0.1) is 0 Å². The fourth-order valence-corrected chi connectivity index (χ4v) is 3.63. The van der Waals surface area contributed by atoms with Gasteiger partial charge in [-0.2, -0.15) is 0 Å². The monoisotopic (exact) mass is 279 g/mol. The van der Waals surface area contributed by atoms with Gasteiger partial charge in [-0.05, 0) is 32.4 Å². The molecule has 0 radical (unpaired) electrons. The Kier molecular flexibility index (Phi) is 12.0. The lowest BCUT2D eigenvalue weighted by Gasteiger charge is -2.26. The Bertz CT molecular complexity index is 183. The molecular weight excluding hydrogens is 250 g/mol. The lowest BCUT2D eigenvalue weighted by molar-refractivity contribution is 0.0961. The third kappa shape index (κ3) is 8.14. The molecule has 0 saturated heterocycles. The first kappa shape index (κ1) is 18.0. The van der Waals surface area contributed by atoms with Crippen molar-refractivity contribution in [3.63, 3.8) is 0 Å². The molecule has 0 atom stereocenters. The highest BCUT2D eigenvalue weighted by molar-refractivity contribution is 6.60. The van der Waals surface area contributed by atoms with Crippen molar-refractivity contribution in [2.75, 3.05) is 47.0 Å². The van der Waals surface area contributed by atoms with Crippen LogP contribution in [0.2, 0.25) is 6.04 Å². The second-order valence-electron chi connectivity index (χ2n) is 4.08. The van der Waals surface area contributed by atoms with Gasteiger partial charge in [0.2, 0.25) is 0 Å². The maximum Gasteiger partial charge on any atom is 0.500 e. The summed E-state index contributed by atoms with van der Waals surface area (Å²) in [6, 6.07) is 0.820. The molecule has 110 valence electrons. The molecule has 0 aliphatic rings. The maximum absolute atomic E-state index is 5.82. The molecule has 0 aliphatic carbocycles. The summed E-state index contributed by atoms with van der Waals surface area (Å²) >= 11 is 0. The Morgan fingerprint density at radius 2 is 1.67 bits per heavy atom. The van der Waals surface area contributed by atoms with E-state index in [1.165, 1.54) is 0 Å². The summed E-state index contributed by atoms with van der Waals surface area (Å²) < 4.78 is 16.8. The zero-order chi connectivity index (χ0) is 13.7. The number of rotatable bonds is 13. The standard InChI is InChI=1S/C11H29N3O3Si/c1-15-18(16-2,17-10-4-3-6-12)11-5-8-14-9-7-13/h14H,3-13H2,1-2H3. The SMILES string of the molecule is CO[Si](CCCNCCN)(OC)OCCCCN. The summed E-state index contributed by atoms with van der Waals surface area (Å²) in [6.45, 7) is 3.76. The first-order valence-electron chi connectivity index (χ1n) is 6.59. The number of hydrogen-bond donors (Lipinski definition) is 3. The molecule has 7 heteroatoms. The fraction of sp³-hybridized carbons (Fsp3) is 1.00. The van der Waals surface area contributed by atoms with Crippen LogP contribution in [0.3, 0.4) is 0 Å². The van der Waals surface area contributed by atoms with Crippen molar-refractivity contribution in [3.8, 4) is 0 Å². The van der Waals surface area contributed by atoms with Crippen LogP contribution < -0.4 is 16.8 Å². The Hall–Kier alpha value is -0.0231. The number of nitrogens with one attached hydrogen (secondary N) is 1. The van der Waals surface area contributed by atoms with Crippen LogP contribution in [0, 0.1) is 0 Å². The zero-order valence-corrected chi connectivity index (χ0v) is 12.7. The van der Waals surface area contributed by atoms with Crippen molar-refractivity contribution in [2.45, 2.75) is 25.3 Å². The Balaban J connectivity index is 3.85. The Morgan fingerprint density at radius 1 is 0.944 bits per heavy atom. The van der Waals surface area contributed by atoms with Gasteiger partial charge in [0.15, 0.2) is 0 Å². The summed E-state index contributed by atoms with van der Waals surface area (Å²) in [5.74, 6) is 0. The van der Waals surface area contributed by atoms with Crippen molar-refractivity contribution in [2.24, 2.45) is 11.5 Å². The smallest absolute Gasteiger partial charge is 0.377 e. The molecule has 0 fully saturated rings. The normalized spacial score (nSPS) is 12.0. The van der Waals surface area contributed by atoms with Gasteiger partial charge < -0.3 is 30.1 Å². The van der Waals surface area contributed by atoms with E-state index in [0.29, 0.717) is 19.7 Å². The van der Waals surface area contributed by atoms with Crippen molar-refractivity contribution in [1.82, 2.24) is 5.32 Å². The van der Waals surface area contributed by atoms with E-state index in [2.05, 4.69) is 5.32 Å². The predicted octanol–water partition coefficient (Wildman–Crippen LogP) is -0.0880. The van der Waals surface area contributed by atoms with E-state index >= 15 is 0 Å². The molecule has 0 aromatic rings. The summed E-state index contributed by atoms with van der Waals surface area (Å²) in [5, 5.41) is 3.25. The first-order chi connectivity index (χ1) is 8.74. The van der Waals surface area contributed by atoms with Crippen LogP contribution in [0.1, 0.15) is 19.3 Å². The van der Waals surface area contributed by atoms with Crippen LogP contribution in [0.15, 0.2) is 0 Å². The van der Waals surface area contributed by atoms with Crippen molar-refractivity contribution < 1.29 is 13.3 Å². The van der Waals surface area contributed by atoms with Crippen molar-refractivity contribution in [3.05, 3.63) is 0 Å². The van der Waals surface area contributed by atoms with E-state index in [4.69, 9.17) is 24.7 Å². The molecule has 0 rings (SSSR count). The van der Waals surface area contributed by atoms with Gasteiger partial charge in [0.25, 0.3) is 0 Å². The highest BCUT2D eigenvalue weighted by Crippen LogP contribution is 2.16. The first-order valence-corrected chi connectivity index (χ1v) is 8.53. The fourth-order valence-electron chi connectivity index (χ4n) is 1.61.